The molecule has 0 radical (unpaired) electrons. The van der Waals surface area contributed by atoms with Crippen molar-refractivity contribution in [1.29, 1.82) is 0 Å². The molecule has 2 unspecified atom stereocenters. The second-order valence-electron chi connectivity index (χ2n) is 5.28. The zero-order valence-corrected chi connectivity index (χ0v) is 11.8. The molecule has 0 saturated carbocycles. The minimum absolute atomic E-state index is 0.626. The average molecular weight is 228 g/mol. The molecule has 0 aliphatic heterocycles. The predicted molar refractivity (Wildman–Crippen MR) is 73.6 cm³/mol. The first-order chi connectivity index (χ1) is 7.65. The van der Waals surface area contributed by atoms with Gasteiger partial charge in [0.2, 0.25) is 0 Å². The maximum atomic E-state index is 5.79. The molecule has 0 aromatic heterocycles. The number of rotatable bonds is 10. The quantitative estimate of drug-likeness (QED) is 0.603. The summed E-state index contributed by atoms with van der Waals surface area (Å²) in [6, 6.07) is 0.706. The third kappa shape index (κ3) is 7.24. The van der Waals surface area contributed by atoms with Gasteiger partial charge in [-0.25, -0.2) is 0 Å². The first-order valence-corrected chi connectivity index (χ1v) is 7.09. The molecular formula is C14H32N2. The Kier molecular flexibility index (Phi) is 10.0. The molecule has 98 valence electrons. The lowest BCUT2D eigenvalue weighted by atomic mass is 9.95. The van der Waals surface area contributed by atoms with Crippen molar-refractivity contribution in [3.8, 4) is 0 Å². The molecule has 0 fully saturated rings. The van der Waals surface area contributed by atoms with Gasteiger partial charge in [-0.3, -0.25) is 0 Å². The van der Waals surface area contributed by atoms with E-state index in [1.54, 1.807) is 0 Å². The summed E-state index contributed by atoms with van der Waals surface area (Å²) in [4.78, 5) is 0. The number of hydrogen-bond acceptors (Lipinski definition) is 2. The lowest BCUT2D eigenvalue weighted by Gasteiger charge is -2.24. The summed E-state index contributed by atoms with van der Waals surface area (Å²) < 4.78 is 0. The summed E-state index contributed by atoms with van der Waals surface area (Å²) in [5.74, 6) is 1.31. The van der Waals surface area contributed by atoms with Gasteiger partial charge in [0.25, 0.3) is 0 Å². The van der Waals surface area contributed by atoms with Crippen molar-refractivity contribution < 1.29 is 0 Å². The molecule has 0 heterocycles. The first-order valence-electron chi connectivity index (χ1n) is 7.09. The van der Waals surface area contributed by atoms with Crippen LogP contribution in [-0.2, 0) is 0 Å². The molecule has 2 atom stereocenters. The molecule has 0 bridgehead atoms. The highest BCUT2D eigenvalue weighted by Gasteiger charge is 2.13. The Labute approximate surface area is 102 Å². The van der Waals surface area contributed by atoms with Gasteiger partial charge in [-0.2, -0.15) is 0 Å². The summed E-state index contributed by atoms with van der Waals surface area (Å²) in [6.07, 6.45) is 6.53. The monoisotopic (exact) mass is 228 g/mol. The molecule has 0 amide bonds. The van der Waals surface area contributed by atoms with Crippen LogP contribution >= 0.6 is 0 Å². The van der Waals surface area contributed by atoms with Crippen molar-refractivity contribution in [3.05, 3.63) is 0 Å². The van der Waals surface area contributed by atoms with E-state index in [1.165, 1.54) is 32.1 Å². The number of nitrogens with two attached hydrogens (primary N) is 1. The predicted octanol–water partition coefficient (Wildman–Crippen LogP) is 3.17. The normalized spacial score (nSPS) is 15.4. The third-order valence-electron chi connectivity index (χ3n) is 3.46. The zero-order chi connectivity index (χ0) is 12.4. The molecule has 0 saturated heterocycles. The van der Waals surface area contributed by atoms with Crippen molar-refractivity contribution >= 4 is 0 Å². The van der Waals surface area contributed by atoms with Crippen LogP contribution < -0.4 is 11.1 Å². The highest BCUT2D eigenvalue weighted by Crippen LogP contribution is 2.11. The third-order valence-corrected chi connectivity index (χ3v) is 3.46. The van der Waals surface area contributed by atoms with Gasteiger partial charge in [0.15, 0.2) is 0 Å². The Morgan fingerprint density at radius 1 is 1.06 bits per heavy atom. The van der Waals surface area contributed by atoms with Crippen LogP contribution in [0.3, 0.4) is 0 Å². The van der Waals surface area contributed by atoms with Crippen LogP contribution in [0, 0.1) is 11.8 Å². The molecular weight excluding hydrogens is 196 g/mol. The molecule has 0 spiro atoms. The van der Waals surface area contributed by atoms with Crippen LogP contribution in [0.1, 0.15) is 59.8 Å². The molecule has 0 aromatic rings. The van der Waals surface area contributed by atoms with Gasteiger partial charge >= 0.3 is 0 Å². The molecule has 2 nitrogen and oxygen atoms in total. The molecule has 0 rings (SSSR count). The van der Waals surface area contributed by atoms with E-state index >= 15 is 0 Å². The molecule has 0 aliphatic carbocycles. The van der Waals surface area contributed by atoms with E-state index < -0.39 is 0 Å². The second kappa shape index (κ2) is 10.1. The van der Waals surface area contributed by atoms with Crippen molar-refractivity contribution in [2.75, 3.05) is 13.1 Å². The van der Waals surface area contributed by atoms with Gasteiger partial charge in [-0.05, 0) is 37.8 Å². The number of nitrogens with one attached hydrogen (secondary N) is 1. The Morgan fingerprint density at radius 3 is 2.19 bits per heavy atom. The number of unbranched alkanes of at least 4 members (excludes halogenated alkanes) is 1. The number of hydrogen-bond donors (Lipinski definition) is 2. The second-order valence-corrected chi connectivity index (χ2v) is 5.28. The van der Waals surface area contributed by atoms with E-state index in [9.17, 15) is 0 Å². The summed E-state index contributed by atoms with van der Waals surface area (Å²) in [7, 11) is 0. The van der Waals surface area contributed by atoms with E-state index in [0.717, 1.165) is 13.1 Å². The summed E-state index contributed by atoms with van der Waals surface area (Å²) in [5.41, 5.74) is 5.79. The van der Waals surface area contributed by atoms with Gasteiger partial charge < -0.3 is 11.1 Å². The van der Waals surface area contributed by atoms with Crippen molar-refractivity contribution in [2.24, 2.45) is 17.6 Å². The minimum Gasteiger partial charge on any atom is -0.330 e. The molecule has 2 heteroatoms. The van der Waals surface area contributed by atoms with E-state index in [1.807, 2.05) is 0 Å². The fourth-order valence-electron chi connectivity index (χ4n) is 2.06. The van der Waals surface area contributed by atoms with Crippen molar-refractivity contribution in [1.82, 2.24) is 5.32 Å². The SMILES string of the molecule is CCCCC(CCC)NCC(CN)C(C)C. The van der Waals surface area contributed by atoms with Crippen LogP contribution in [-0.4, -0.2) is 19.1 Å². The van der Waals surface area contributed by atoms with Crippen LogP contribution in [0.25, 0.3) is 0 Å². The van der Waals surface area contributed by atoms with E-state index in [0.29, 0.717) is 17.9 Å². The Bertz CT molecular complexity index is 146. The van der Waals surface area contributed by atoms with Gasteiger partial charge in [0, 0.05) is 6.04 Å². The summed E-state index contributed by atoms with van der Waals surface area (Å²) in [6.45, 7) is 10.9. The standard InChI is InChI=1S/C14H32N2/c1-5-7-9-14(8-6-2)16-11-13(10-15)12(3)4/h12-14,16H,5-11,15H2,1-4H3. The first kappa shape index (κ1) is 15.9. The topological polar surface area (TPSA) is 38.0 Å². The highest BCUT2D eigenvalue weighted by molar-refractivity contribution is 4.72. The van der Waals surface area contributed by atoms with E-state index in [4.69, 9.17) is 5.73 Å². The molecule has 3 N–H and O–H groups in total. The molecule has 0 aliphatic rings. The molecule has 0 aromatic carbocycles. The lowest BCUT2D eigenvalue weighted by Crippen LogP contribution is -2.37. The Balaban J connectivity index is 3.88. The van der Waals surface area contributed by atoms with Gasteiger partial charge in [-0.1, -0.05) is 47.0 Å². The highest BCUT2D eigenvalue weighted by atomic mass is 14.9. The van der Waals surface area contributed by atoms with Crippen LogP contribution in [0.2, 0.25) is 0 Å². The van der Waals surface area contributed by atoms with Crippen LogP contribution in [0.4, 0.5) is 0 Å². The fraction of sp³-hybridized carbons (Fsp3) is 1.00. The minimum atomic E-state index is 0.626. The van der Waals surface area contributed by atoms with Gasteiger partial charge in [-0.15, -0.1) is 0 Å². The van der Waals surface area contributed by atoms with Crippen molar-refractivity contribution in [2.45, 2.75) is 65.8 Å². The maximum Gasteiger partial charge on any atom is 0.00670 e. The van der Waals surface area contributed by atoms with Crippen molar-refractivity contribution in [3.63, 3.8) is 0 Å². The Morgan fingerprint density at radius 2 is 1.75 bits per heavy atom. The van der Waals surface area contributed by atoms with E-state index in [2.05, 4.69) is 33.0 Å². The Hall–Kier alpha value is -0.0800. The summed E-state index contributed by atoms with van der Waals surface area (Å²) in [5, 5.41) is 3.71. The molecule has 16 heavy (non-hydrogen) atoms. The van der Waals surface area contributed by atoms with Crippen LogP contribution in [0.5, 0.6) is 0 Å². The average Bonchev–Trinajstić information content (AvgIpc) is 2.26. The van der Waals surface area contributed by atoms with E-state index in [-0.39, 0.29) is 0 Å². The largest absolute Gasteiger partial charge is 0.330 e. The fourth-order valence-corrected chi connectivity index (χ4v) is 2.06. The summed E-state index contributed by atoms with van der Waals surface area (Å²) >= 11 is 0. The zero-order valence-electron chi connectivity index (χ0n) is 11.8. The van der Waals surface area contributed by atoms with Crippen LogP contribution in [0.15, 0.2) is 0 Å². The van der Waals surface area contributed by atoms with Gasteiger partial charge in [0.1, 0.15) is 0 Å². The van der Waals surface area contributed by atoms with Gasteiger partial charge in [0.05, 0.1) is 0 Å². The smallest absolute Gasteiger partial charge is 0.00670 e. The maximum absolute atomic E-state index is 5.79. The lowest BCUT2D eigenvalue weighted by molar-refractivity contribution is 0.332.